The van der Waals surface area contributed by atoms with Gasteiger partial charge in [0.15, 0.2) is 0 Å². The maximum absolute atomic E-state index is 12.9. The molecule has 1 aromatic heterocycles. The molecule has 0 aliphatic heterocycles. The van der Waals surface area contributed by atoms with Crippen molar-refractivity contribution >= 4 is 30.7 Å². The molecule has 5 nitrogen and oxygen atoms in total. The Balaban J connectivity index is 0.00000338. The van der Waals surface area contributed by atoms with E-state index in [1.807, 2.05) is 19.9 Å². The number of pyridine rings is 1. The first-order valence-corrected chi connectivity index (χ1v) is 8.39. The average molecular weight is 418 g/mol. The van der Waals surface area contributed by atoms with Crippen LogP contribution in [0.5, 0.6) is 11.6 Å². The zero-order chi connectivity index (χ0) is 18.3. The SMILES string of the molecule is CCC(CC)(CN)C(=O)NCc1ccc(Oc2ccc(F)cc2)nc1.Cl.Cl. The van der Waals surface area contributed by atoms with Gasteiger partial charge in [0.05, 0.1) is 5.41 Å². The first-order chi connectivity index (χ1) is 12.0. The number of halogens is 3. The van der Waals surface area contributed by atoms with Crippen LogP contribution in [0.15, 0.2) is 42.6 Å². The molecule has 0 saturated carbocycles. The summed E-state index contributed by atoms with van der Waals surface area (Å²) < 4.78 is 18.4. The van der Waals surface area contributed by atoms with Gasteiger partial charge in [-0.25, -0.2) is 9.37 Å². The van der Waals surface area contributed by atoms with E-state index in [1.165, 1.54) is 24.3 Å². The summed E-state index contributed by atoms with van der Waals surface area (Å²) in [4.78, 5) is 16.6. The lowest BCUT2D eigenvalue weighted by molar-refractivity contribution is -0.131. The third-order valence-corrected chi connectivity index (χ3v) is 4.51. The van der Waals surface area contributed by atoms with Crippen LogP contribution < -0.4 is 15.8 Å². The largest absolute Gasteiger partial charge is 0.439 e. The number of hydrogen-bond donors (Lipinski definition) is 2. The van der Waals surface area contributed by atoms with Crippen molar-refractivity contribution in [2.75, 3.05) is 6.54 Å². The molecule has 0 saturated heterocycles. The maximum Gasteiger partial charge on any atom is 0.227 e. The van der Waals surface area contributed by atoms with E-state index in [4.69, 9.17) is 10.5 Å². The fourth-order valence-corrected chi connectivity index (χ4v) is 2.52. The Morgan fingerprint density at radius 3 is 2.26 bits per heavy atom. The van der Waals surface area contributed by atoms with E-state index in [-0.39, 0.29) is 36.5 Å². The minimum atomic E-state index is -0.515. The van der Waals surface area contributed by atoms with E-state index < -0.39 is 5.41 Å². The Labute approximate surface area is 171 Å². The van der Waals surface area contributed by atoms with Gasteiger partial charge in [-0.05, 0) is 42.7 Å². The predicted molar refractivity (Wildman–Crippen MR) is 109 cm³/mol. The van der Waals surface area contributed by atoms with Gasteiger partial charge in [-0.3, -0.25) is 4.79 Å². The minimum absolute atomic E-state index is 0. The van der Waals surface area contributed by atoms with Crippen LogP contribution in [0.3, 0.4) is 0 Å². The lowest BCUT2D eigenvalue weighted by atomic mass is 9.81. The van der Waals surface area contributed by atoms with E-state index >= 15 is 0 Å². The molecule has 0 unspecified atom stereocenters. The van der Waals surface area contributed by atoms with Gasteiger partial charge in [0, 0.05) is 25.4 Å². The van der Waals surface area contributed by atoms with Crippen LogP contribution in [0.2, 0.25) is 0 Å². The molecular weight excluding hydrogens is 392 g/mol. The van der Waals surface area contributed by atoms with Crippen molar-refractivity contribution in [2.45, 2.75) is 33.2 Å². The highest BCUT2D eigenvalue weighted by Crippen LogP contribution is 2.25. The summed E-state index contributed by atoms with van der Waals surface area (Å²) in [7, 11) is 0. The molecule has 1 heterocycles. The molecule has 27 heavy (non-hydrogen) atoms. The monoisotopic (exact) mass is 417 g/mol. The highest BCUT2D eigenvalue weighted by molar-refractivity contribution is 5.85. The first-order valence-electron chi connectivity index (χ1n) is 8.39. The standard InChI is InChI=1S/C19H24FN3O2.2ClH/c1-3-19(4-2,13-21)18(24)23-12-14-5-10-17(22-11-14)25-16-8-6-15(20)7-9-16;;/h5-11H,3-4,12-13,21H2,1-2H3,(H,23,24);2*1H. The van der Waals surface area contributed by atoms with Gasteiger partial charge in [0.2, 0.25) is 11.8 Å². The van der Waals surface area contributed by atoms with Crippen LogP contribution in [-0.2, 0) is 11.3 Å². The molecule has 2 rings (SSSR count). The molecule has 0 atom stereocenters. The maximum atomic E-state index is 12.9. The summed E-state index contributed by atoms with van der Waals surface area (Å²) in [6.07, 6.45) is 3.05. The number of hydrogen-bond acceptors (Lipinski definition) is 4. The number of carbonyl (C=O) groups excluding carboxylic acids is 1. The predicted octanol–water partition coefficient (Wildman–Crippen LogP) is 4.24. The van der Waals surface area contributed by atoms with Gasteiger partial charge in [-0.1, -0.05) is 19.9 Å². The van der Waals surface area contributed by atoms with Gasteiger partial charge in [0.25, 0.3) is 0 Å². The molecule has 0 spiro atoms. The van der Waals surface area contributed by atoms with E-state index in [1.54, 1.807) is 12.3 Å². The van der Waals surface area contributed by atoms with Crippen molar-refractivity contribution in [2.24, 2.45) is 11.1 Å². The topological polar surface area (TPSA) is 77.2 Å². The molecule has 3 N–H and O–H groups in total. The lowest BCUT2D eigenvalue weighted by Gasteiger charge is -2.28. The molecule has 1 aromatic carbocycles. The fourth-order valence-electron chi connectivity index (χ4n) is 2.52. The summed E-state index contributed by atoms with van der Waals surface area (Å²) >= 11 is 0. The van der Waals surface area contributed by atoms with Gasteiger partial charge >= 0.3 is 0 Å². The quantitative estimate of drug-likeness (QED) is 0.673. The number of nitrogens with zero attached hydrogens (tertiary/aromatic N) is 1. The van der Waals surface area contributed by atoms with Gasteiger partial charge in [-0.2, -0.15) is 0 Å². The molecule has 0 bridgehead atoms. The zero-order valence-electron chi connectivity index (χ0n) is 15.4. The Morgan fingerprint density at radius 1 is 1.15 bits per heavy atom. The van der Waals surface area contributed by atoms with Crippen molar-refractivity contribution in [1.29, 1.82) is 0 Å². The molecule has 0 aliphatic rings. The number of rotatable bonds is 8. The van der Waals surface area contributed by atoms with Crippen LogP contribution in [0.1, 0.15) is 32.3 Å². The summed E-state index contributed by atoms with van der Waals surface area (Å²) in [5.41, 5.74) is 6.13. The summed E-state index contributed by atoms with van der Waals surface area (Å²) in [6.45, 7) is 4.65. The number of nitrogens with one attached hydrogen (secondary N) is 1. The molecule has 1 amide bonds. The molecule has 2 aromatic rings. The van der Waals surface area contributed by atoms with E-state index in [9.17, 15) is 9.18 Å². The number of ether oxygens (including phenoxy) is 1. The Hall–Kier alpha value is -1.89. The molecule has 0 fully saturated rings. The van der Waals surface area contributed by atoms with E-state index in [0.717, 1.165) is 5.56 Å². The number of aromatic nitrogens is 1. The molecule has 0 aliphatic carbocycles. The fraction of sp³-hybridized carbons (Fsp3) is 0.368. The Kier molecular flexibility index (Phi) is 10.9. The van der Waals surface area contributed by atoms with Crippen LogP contribution in [0.25, 0.3) is 0 Å². The molecule has 8 heteroatoms. The Morgan fingerprint density at radius 2 is 1.78 bits per heavy atom. The summed E-state index contributed by atoms with van der Waals surface area (Å²) in [5, 5.41) is 2.93. The van der Waals surface area contributed by atoms with Crippen molar-refractivity contribution in [3.05, 3.63) is 54.0 Å². The smallest absolute Gasteiger partial charge is 0.227 e. The van der Waals surface area contributed by atoms with Crippen molar-refractivity contribution in [3.8, 4) is 11.6 Å². The van der Waals surface area contributed by atoms with E-state index in [0.29, 0.717) is 37.6 Å². The van der Waals surface area contributed by atoms with Gasteiger partial charge in [0.1, 0.15) is 11.6 Å². The van der Waals surface area contributed by atoms with Crippen molar-refractivity contribution in [3.63, 3.8) is 0 Å². The summed E-state index contributed by atoms with van der Waals surface area (Å²) in [6, 6.07) is 9.25. The van der Waals surface area contributed by atoms with Crippen molar-refractivity contribution < 1.29 is 13.9 Å². The highest BCUT2D eigenvalue weighted by Gasteiger charge is 2.32. The van der Waals surface area contributed by atoms with Crippen LogP contribution in [-0.4, -0.2) is 17.4 Å². The van der Waals surface area contributed by atoms with Gasteiger partial charge < -0.3 is 15.8 Å². The zero-order valence-corrected chi connectivity index (χ0v) is 17.0. The van der Waals surface area contributed by atoms with Gasteiger partial charge in [-0.15, -0.1) is 24.8 Å². The molecular formula is C19H26Cl2FN3O2. The lowest BCUT2D eigenvalue weighted by Crippen LogP contribution is -2.45. The first kappa shape index (κ1) is 25.1. The number of carbonyl (C=O) groups is 1. The average Bonchev–Trinajstić information content (AvgIpc) is 2.65. The minimum Gasteiger partial charge on any atom is -0.439 e. The normalized spacial score (nSPS) is 10.4. The third-order valence-electron chi connectivity index (χ3n) is 4.51. The number of amides is 1. The van der Waals surface area contributed by atoms with Crippen LogP contribution in [0, 0.1) is 11.2 Å². The number of nitrogens with two attached hydrogens (primary N) is 1. The van der Waals surface area contributed by atoms with E-state index in [2.05, 4.69) is 10.3 Å². The highest BCUT2D eigenvalue weighted by atomic mass is 35.5. The summed E-state index contributed by atoms with van der Waals surface area (Å²) in [5.74, 6) is 0.555. The second-order valence-corrected chi connectivity index (χ2v) is 5.93. The second-order valence-electron chi connectivity index (χ2n) is 5.93. The second kappa shape index (κ2) is 11.7. The number of benzene rings is 1. The molecule has 150 valence electrons. The molecule has 0 radical (unpaired) electrons. The van der Waals surface area contributed by atoms with Crippen LogP contribution >= 0.6 is 24.8 Å². The van der Waals surface area contributed by atoms with Crippen molar-refractivity contribution in [1.82, 2.24) is 10.3 Å². The third kappa shape index (κ3) is 6.65. The van der Waals surface area contributed by atoms with Crippen LogP contribution in [0.4, 0.5) is 4.39 Å². The Bertz CT molecular complexity index is 685.